The van der Waals surface area contributed by atoms with E-state index in [2.05, 4.69) is 31.9 Å². The van der Waals surface area contributed by atoms with Gasteiger partial charge in [-0.2, -0.15) is 0 Å². The highest BCUT2D eigenvalue weighted by atomic mass is 79.9. The first-order chi connectivity index (χ1) is 6.01. The van der Waals surface area contributed by atoms with Gasteiger partial charge in [0.15, 0.2) is 0 Å². The second kappa shape index (κ2) is 2.93. The van der Waals surface area contributed by atoms with Gasteiger partial charge in [0.2, 0.25) is 9.84 Å². The van der Waals surface area contributed by atoms with Gasteiger partial charge in [0.25, 0.3) is 0 Å². The van der Waals surface area contributed by atoms with Crippen LogP contribution >= 0.6 is 31.9 Å². The van der Waals surface area contributed by atoms with E-state index in [4.69, 9.17) is 0 Å². The van der Waals surface area contributed by atoms with Crippen LogP contribution in [0, 0.1) is 0 Å². The molecule has 1 aromatic carbocycles. The third-order valence-electron chi connectivity index (χ3n) is 1.79. The molecule has 0 fully saturated rings. The molecule has 0 bridgehead atoms. The maximum atomic E-state index is 11.6. The highest BCUT2D eigenvalue weighted by Crippen LogP contribution is 2.36. The van der Waals surface area contributed by atoms with Crippen molar-refractivity contribution in [1.82, 2.24) is 0 Å². The van der Waals surface area contributed by atoms with Gasteiger partial charge in [-0.15, -0.1) is 0 Å². The summed E-state index contributed by atoms with van der Waals surface area (Å²) in [7, 11) is -3.24. The van der Waals surface area contributed by atoms with Crippen molar-refractivity contribution in [2.24, 2.45) is 0 Å². The second-order valence-electron chi connectivity index (χ2n) is 2.63. The van der Waals surface area contributed by atoms with Crippen LogP contribution in [-0.4, -0.2) is 8.42 Å². The first-order valence-electron chi connectivity index (χ1n) is 3.43. The Labute approximate surface area is 92.8 Å². The predicted molar refractivity (Wildman–Crippen MR) is 58.2 cm³/mol. The van der Waals surface area contributed by atoms with Gasteiger partial charge < -0.3 is 0 Å². The molecule has 0 saturated carbocycles. The van der Waals surface area contributed by atoms with Crippen LogP contribution < -0.4 is 0 Å². The standard InChI is InChI=1S/C8H4Br2O2S/c9-6-1-2-7-5(3-6)4-8(10)13(7,11)12/h1-4H. The minimum absolute atomic E-state index is 0.230. The Balaban J connectivity index is 2.80. The van der Waals surface area contributed by atoms with E-state index >= 15 is 0 Å². The van der Waals surface area contributed by atoms with Crippen molar-refractivity contribution in [2.45, 2.75) is 4.90 Å². The first-order valence-corrected chi connectivity index (χ1v) is 6.50. The van der Waals surface area contributed by atoms with Gasteiger partial charge in [-0.3, -0.25) is 0 Å². The molecule has 0 N–H and O–H groups in total. The van der Waals surface area contributed by atoms with Crippen LogP contribution in [-0.2, 0) is 9.84 Å². The Bertz CT molecular complexity index is 503. The number of sulfone groups is 1. The van der Waals surface area contributed by atoms with E-state index in [1.54, 1.807) is 24.3 Å². The zero-order valence-corrected chi connectivity index (χ0v) is 10.3. The van der Waals surface area contributed by atoms with Crippen molar-refractivity contribution < 1.29 is 8.42 Å². The highest BCUT2D eigenvalue weighted by molar-refractivity contribution is 9.13. The molecule has 13 heavy (non-hydrogen) atoms. The summed E-state index contributed by atoms with van der Waals surface area (Å²) in [5.41, 5.74) is 0.723. The molecule has 0 saturated heterocycles. The van der Waals surface area contributed by atoms with Crippen LogP contribution in [0.3, 0.4) is 0 Å². The number of benzene rings is 1. The van der Waals surface area contributed by atoms with Gasteiger partial charge in [-0.1, -0.05) is 15.9 Å². The van der Waals surface area contributed by atoms with Crippen molar-refractivity contribution in [1.29, 1.82) is 0 Å². The molecule has 1 aliphatic rings. The topological polar surface area (TPSA) is 34.1 Å². The minimum atomic E-state index is -3.24. The van der Waals surface area contributed by atoms with E-state index in [9.17, 15) is 8.42 Å². The number of rotatable bonds is 0. The third-order valence-corrected chi connectivity index (χ3v) is 5.37. The van der Waals surface area contributed by atoms with Crippen LogP contribution in [0.2, 0.25) is 0 Å². The average Bonchev–Trinajstić information content (AvgIpc) is 2.23. The van der Waals surface area contributed by atoms with Gasteiger partial charge in [0, 0.05) is 4.47 Å². The lowest BCUT2D eigenvalue weighted by Gasteiger charge is -1.98. The second-order valence-corrected chi connectivity index (χ2v) is 6.82. The molecule has 5 heteroatoms. The van der Waals surface area contributed by atoms with Gasteiger partial charge in [0.05, 0.1) is 4.90 Å². The zero-order chi connectivity index (χ0) is 9.64. The van der Waals surface area contributed by atoms with Gasteiger partial charge in [0.1, 0.15) is 3.81 Å². The van der Waals surface area contributed by atoms with Gasteiger partial charge in [-0.05, 0) is 45.8 Å². The average molecular weight is 324 g/mol. The van der Waals surface area contributed by atoms with Crippen LogP contribution in [0.4, 0.5) is 0 Å². The molecule has 0 amide bonds. The Morgan fingerprint density at radius 2 is 1.85 bits per heavy atom. The Morgan fingerprint density at radius 3 is 2.54 bits per heavy atom. The molecule has 68 valence electrons. The highest BCUT2D eigenvalue weighted by Gasteiger charge is 2.27. The quantitative estimate of drug-likeness (QED) is 0.735. The van der Waals surface area contributed by atoms with Gasteiger partial charge >= 0.3 is 0 Å². The normalized spacial score (nSPS) is 18.2. The number of hydrogen-bond acceptors (Lipinski definition) is 2. The number of hydrogen-bond donors (Lipinski definition) is 0. The third kappa shape index (κ3) is 1.39. The fourth-order valence-corrected chi connectivity index (χ4v) is 3.50. The maximum Gasteiger partial charge on any atom is 0.213 e. The molecule has 0 aromatic heterocycles. The molecule has 0 radical (unpaired) electrons. The van der Waals surface area contributed by atoms with Crippen LogP contribution in [0.15, 0.2) is 31.4 Å². The van der Waals surface area contributed by atoms with E-state index in [0.29, 0.717) is 4.90 Å². The van der Waals surface area contributed by atoms with Crippen LogP contribution in [0.5, 0.6) is 0 Å². The summed E-state index contributed by atoms with van der Waals surface area (Å²) in [5.74, 6) is 0. The Kier molecular flexibility index (Phi) is 2.13. The largest absolute Gasteiger partial charge is 0.218 e. The summed E-state index contributed by atoms with van der Waals surface area (Å²) in [6.07, 6.45) is 1.61. The van der Waals surface area contributed by atoms with Crippen molar-refractivity contribution in [2.75, 3.05) is 0 Å². The molecular formula is C8H4Br2O2S. The molecule has 1 aromatic rings. The first kappa shape index (κ1) is 9.43. The van der Waals surface area contributed by atoms with Crippen molar-refractivity contribution in [3.8, 4) is 0 Å². The zero-order valence-electron chi connectivity index (χ0n) is 6.29. The van der Waals surface area contributed by atoms with Crippen molar-refractivity contribution in [3.63, 3.8) is 0 Å². The lowest BCUT2D eigenvalue weighted by molar-refractivity contribution is 0.605. The smallest absolute Gasteiger partial charge is 0.213 e. The van der Waals surface area contributed by atoms with E-state index < -0.39 is 9.84 Å². The summed E-state index contributed by atoms with van der Waals surface area (Å²) in [4.78, 5) is 0.363. The predicted octanol–water partition coefficient (Wildman–Crippen LogP) is 2.93. The summed E-state index contributed by atoms with van der Waals surface area (Å²) in [5, 5.41) is 0. The molecule has 0 aliphatic carbocycles. The summed E-state index contributed by atoms with van der Waals surface area (Å²) in [6, 6.07) is 5.09. The van der Waals surface area contributed by atoms with E-state index in [0.717, 1.165) is 10.0 Å². The number of fused-ring (bicyclic) bond motifs is 1. The van der Waals surface area contributed by atoms with Crippen LogP contribution in [0.1, 0.15) is 5.56 Å². The fourth-order valence-electron chi connectivity index (χ4n) is 1.18. The number of halogens is 2. The Morgan fingerprint density at radius 1 is 1.15 bits per heavy atom. The monoisotopic (exact) mass is 322 g/mol. The lowest BCUT2D eigenvalue weighted by atomic mass is 10.2. The van der Waals surface area contributed by atoms with E-state index in [1.165, 1.54) is 0 Å². The maximum absolute atomic E-state index is 11.6. The Hall–Kier alpha value is -0.130. The molecule has 1 aliphatic heterocycles. The van der Waals surface area contributed by atoms with Crippen molar-refractivity contribution >= 4 is 47.8 Å². The fraction of sp³-hybridized carbons (Fsp3) is 0. The van der Waals surface area contributed by atoms with Gasteiger partial charge in [-0.25, -0.2) is 8.42 Å². The minimum Gasteiger partial charge on any atom is -0.218 e. The summed E-state index contributed by atoms with van der Waals surface area (Å²) in [6.45, 7) is 0. The SMILES string of the molecule is O=S1(=O)C(Br)=Cc2cc(Br)ccc21. The molecule has 0 unspecified atom stereocenters. The molecule has 2 rings (SSSR count). The molecular weight excluding hydrogens is 320 g/mol. The summed E-state index contributed by atoms with van der Waals surface area (Å²) >= 11 is 6.31. The lowest BCUT2D eigenvalue weighted by Crippen LogP contribution is -1.95. The molecule has 1 heterocycles. The molecule has 0 atom stereocenters. The van der Waals surface area contributed by atoms with E-state index in [-0.39, 0.29) is 3.81 Å². The van der Waals surface area contributed by atoms with Crippen molar-refractivity contribution in [3.05, 3.63) is 32.0 Å². The summed E-state index contributed by atoms with van der Waals surface area (Å²) < 4.78 is 24.2. The van der Waals surface area contributed by atoms with E-state index in [1.807, 2.05) is 0 Å². The molecule has 0 spiro atoms. The van der Waals surface area contributed by atoms with Crippen LogP contribution in [0.25, 0.3) is 6.08 Å². The molecule has 2 nitrogen and oxygen atoms in total.